The van der Waals surface area contributed by atoms with Crippen LogP contribution in [0.3, 0.4) is 0 Å². The SMILES string of the molecule is CC1=CC(=C(c2ccccc2)c2ccccc2)N(c2ccccc2)C12CCCCC2. The topological polar surface area (TPSA) is 3.24 Å². The number of allylic oxidation sites excluding steroid dienone is 1. The second-order valence-electron chi connectivity index (χ2n) is 8.58. The third-order valence-electron chi connectivity index (χ3n) is 6.83. The molecule has 0 aromatic heterocycles. The summed E-state index contributed by atoms with van der Waals surface area (Å²) in [6.07, 6.45) is 8.87. The standard InChI is InChI=1S/C29H29N/c1-23-22-27(28(24-14-6-2-7-15-24)25-16-8-3-9-17-25)30(26-18-10-4-11-19-26)29(23)20-12-5-13-21-29/h2-4,6-11,14-19,22H,5,12-13,20-21H2,1H3. The molecule has 0 saturated heterocycles. The van der Waals surface area contributed by atoms with Crippen LogP contribution in [0, 0.1) is 0 Å². The lowest BCUT2D eigenvalue weighted by molar-refractivity contribution is 0.341. The van der Waals surface area contributed by atoms with E-state index in [0.29, 0.717) is 0 Å². The quantitative estimate of drug-likeness (QED) is 0.444. The average Bonchev–Trinajstić information content (AvgIpc) is 3.07. The van der Waals surface area contributed by atoms with Crippen molar-refractivity contribution in [3.05, 3.63) is 119 Å². The summed E-state index contributed by atoms with van der Waals surface area (Å²) >= 11 is 0. The summed E-state index contributed by atoms with van der Waals surface area (Å²) in [5.41, 5.74) is 8.11. The molecular weight excluding hydrogens is 362 g/mol. The van der Waals surface area contributed by atoms with E-state index in [4.69, 9.17) is 0 Å². The van der Waals surface area contributed by atoms with Gasteiger partial charge < -0.3 is 4.90 Å². The van der Waals surface area contributed by atoms with Crippen molar-refractivity contribution in [3.63, 3.8) is 0 Å². The van der Waals surface area contributed by atoms with Crippen LogP contribution < -0.4 is 4.90 Å². The van der Waals surface area contributed by atoms with Gasteiger partial charge in [0.2, 0.25) is 0 Å². The van der Waals surface area contributed by atoms with Gasteiger partial charge in [-0.3, -0.25) is 0 Å². The van der Waals surface area contributed by atoms with Gasteiger partial charge in [0, 0.05) is 11.3 Å². The van der Waals surface area contributed by atoms with Crippen molar-refractivity contribution in [2.45, 2.75) is 44.6 Å². The fourth-order valence-corrected chi connectivity index (χ4v) is 5.38. The molecule has 5 rings (SSSR count). The number of rotatable bonds is 3. The Hall–Kier alpha value is -3.06. The molecule has 1 saturated carbocycles. The van der Waals surface area contributed by atoms with Gasteiger partial charge in [-0.1, -0.05) is 98.1 Å². The molecule has 2 aliphatic rings. The van der Waals surface area contributed by atoms with Gasteiger partial charge >= 0.3 is 0 Å². The van der Waals surface area contributed by atoms with Gasteiger partial charge in [-0.2, -0.15) is 0 Å². The zero-order valence-electron chi connectivity index (χ0n) is 17.7. The summed E-state index contributed by atoms with van der Waals surface area (Å²) in [6.45, 7) is 2.35. The molecule has 1 aliphatic heterocycles. The van der Waals surface area contributed by atoms with E-state index in [0.717, 1.165) is 0 Å². The highest BCUT2D eigenvalue weighted by Crippen LogP contribution is 2.50. The number of para-hydroxylation sites is 1. The lowest BCUT2D eigenvalue weighted by Crippen LogP contribution is -2.47. The van der Waals surface area contributed by atoms with Crippen molar-refractivity contribution in [2.75, 3.05) is 4.90 Å². The predicted octanol–water partition coefficient (Wildman–Crippen LogP) is 7.62. The highest BCUT2D eigenvalue weighted by atomic mass is 15.2. The van der Waals surface area contributed by atoms with Gasteiger partial charge in [0.05, 0.1) is 11.2 Å². The van der Waals surface area contributed by atoms with E-state index in [1.165, 1.54) is 65.8 Å². The smallest absolute Gasteiger partial charge is 0.0664 e. The van der Waals surface area contributed by atoms with Crippen LogP contribution in [0.5, 0.6) is 0 Å². The lowest BCUT2D eigenvalue weighted by Gasteiger charge is -2.45. The van der Waals surface area contributed by atoms with E-state index >= 15 is 0 Å². The molecule has 0 unspecified atom stereocenters. The molecule has 3 aromatic rings. The van der Waals surface area contributed by atoms with Crippen molar-refractivity contribution in [1.82, 2.24) is 0 Å². The van der Waals surface area contributed by atoms with Crippen LogP contribution in [0.2, 0.25) is 0 Å². The van der Waals surface area contributed by atoms with Gasteiger partial charge in [-0.05, 0) is 54.7 Å². The first-order chi connectivity index (χ1) is 14.8. The number of nitrogens with zero attached hydrogens (tertiary/aromatic N) is 1. The van der Waals surface area contributed by atoms with Crippen molar-refractivity contribution in [1.29, 1.82) is 0 Å². The summed E-state index contributed by atoms with van der Waals surface area (Å²) in [7, 11) is 0. The van der Waals surface area contributed by atoms with Crippen LogP contribution in [0.4, 0.5) is 5.69 Å². The van der Waals surface area contributed by atoms with Crippen molar-refractivity contribution < 1.29 is 0 Å². The Labute approximate surface area is 180 Å². The maximum Gasteiger partial charge on any atom is 0.0664 e. The van der Waals surface area contributed by atoms with Crippen LogP contribution >= 0.6 is 0 Å². The average molecular weight is 392 g/mol. The van der Waals surface area contributed by atoms with Crippen molar-refractivity contribution >= 4 is 11.3 Å². The van der Waals surface area contributed by atoms with Crippen LogP contribution in [0.1, 0.15) is 50.2 Å². The molecule has 150 valence electrons. The summed E-state index contributed by atoms with van der Waals surface area (Å²) in [4.78, 5) is 2.66. The van der Waals surface area contributed by atoms with Gasteiger partial charge in [-0.15, -0.1) is 0 Å². The number of benzene rings is 3. The molecule has 0 radical (unpaired) electrons. The molecule has 0 atom stereocenters. The molecule has 1 aliphatic carbocycles. The molecule has 1 heteroatoms. The summed E-state index contributed by atoms with van der Waals surface area (Å²) in [6, 6.07) is 32.8. The Balaban J connectivity index is 1.80. The number of hydrogen-bond donors (Lipinski definition) is 0. The number of anilines is 1. The normalized spacial score (nSPS) is 17.8. The van der Waals surface area contributed by atoms with Gasteiger partial charge in [0.15, 0.2) is 0 Å². The maximum atomic E-state index is 2.66. The van der Waals surface area contributed by atoms with Gasteiger partial charge in [0.25, 0.3) is 0 Å². The highest BCUT2D eigenvalue weighted by molar-refractivity contribution is 5.88. The Morgan fingerprint density at radius 2 is 1.17 bits per heavy atom. The summed E-state index contributed by atoms with van der Waals surface area (Å²) in [5.74, 6) is 0. The highest BCUT2D eigenvalue weighted by Gasteiger charge is 2.45. The van der Waals surface area contributed by atoms with Crippen LogP contribution in [0.25, 0.3) is 5.57 Å². The first-order valence-corrected chi connectivity index (χ1v) is 11.2. The van der Waals surface area contributed by atoms with Gasteiger partial charge in [0.1, 0.15) is 0 Å². The first kappa shape index (κ1) is 18.9. The minimum absolute atomic E-state index is 0.101. The Bertz CT molecular complexity index is 1010. The third-order valence-corrected chi connectivity index (χ3v) is 6.83. The lowest BCUT2D eigenvalue weighted by atomic mass is 9.77. The monoisotopic (exact) mass is 391 g/mol. The summed E-state index contributed by atoms with van der Waals surface area (Å²) < 4.78 is 0. The Morgan fingerprint density at radius 3 is 1.70 bits per heavy atom. The largest absolute Gasteiger partial charge is 0.331 e. The van der Waals surface area contributed by atoms with Crippen molar-refractivity contribution in [2.24, 2.45) is 0 Å². The molecule has 1 nitrogen and oxygen atoms in total. The maximum absolute atomic E-state index is 2.66. The van der Waals surface area contributed by atoms with E-state index < -0.39 is 0 Å². The summed E-state index contributed by atoms with van der Waals surface area (Å²) in [5, 5.41) is 0. The minimum atomic E-state index is 0.101. The molecular formula is C29H29N. The number of hydrogen-bond acceptors (Lipinski definition) is 1. The molecule has 1 heterocycles. The van der Waals surface area contributed by atoms with Crippen LogP contribution in [-0.2, 0) is 0 Å². The fourth-order valence-electron chi connectivity index (χ4n) is 5.38. The van der Waals surface area contributed by atoms with Crippen LogP contribution in [0.15, 0.2) is 108 Å². The van der Waals surface area contributed by atoms with Crippen molar-refractivity contribution in [3.8, 4) is 0 Å². The predicted molar refractivity (Wildman–Crippen MR) is 127 cm³/mol. The molecule has 30 heavy (non-hydrogen) atoms. The molecule has 1 spiro atoms. The molecule has 1 fully saturated rings. The van der Waals surface area contributed by atoms with E-state index in [9.17, 15) is 0 Å². The fraction of sp³-hybridized carbons (Fsp3) is 0.241. The van der Waals surface area contributed by atoms with Crippen LogP contribution in [-0.4, -0.2) is 5.54 Å². The Kier molecular flexibility index (Phi) is 5.04. The minimum Gasteiger partial charge on any atom is -0.331 e. The van der Waals surface area contributed by atoms with E-state index in [1.54, 1.807) is 0 Å². The zero-order valence-corrected chi connectivity index (χ0v) is 17.7. The van der Waals surface area contributed by atoms with E-state index in [1.807, 2.05) is 0 Å². The first-order valence-electron chi connectivity index (χ1n) is 11.2. The second kappa shape index (κ2) is 7.99. The molecule has 0 amide bonds. The van der Waals surface area contributed by atoms with E-state index in [2.05, 4.69) is 109 Å². The third kappa shape index (κ3) is 3.19. The Morgan fingerprint density at radius 1 is 0.667 bits per heavy atom. The second-order valence-corrected chi connectivity index (χ2v) is 8.58. The molecule has 3 aromatic carbocycles. The van der Waals surface area contributed by atoms with Gasteiger partial charge in [-0.25, -0.2) is 0 Å². The zero-order chi connectivity index (χ0) is 20.4. The molecule has 0 bridgehead atoms. The van der Waals surface area contributed by atoms with E-state index in [-0.39, 0.29) is 5.54 Å². The molecule has 0 N–H and O–H groups in total.